The standard InChI is InChI=1S/C20H15NO5/c1-10-3-8-14-13(9-10)17(22)15-16(21-19(23)18(15)26-14)11-4-6-12(7-5-11)20(24)25-2/h3-9,16H,1-2H3,(H,21,23). The van der Waals surface area contributed by atoms with Gasteiger partial charge in [-0.3, -0.25) is 9.59 Å². The fourth-order valence-electron chi connectivity index (χ4n) is 3.20. The van der Waals surface area contributed by atoms with Crippen molar-refractivity contribution in [1.82, 2.24) is 5.32 Å². The topological polar surface area (TPSA) is 85.6 Å². The Hall–Kier alpha value is -3.41. The second-order valence-electron chi connectivity index (χ2n) is 6.19. The fourth-order valence-corrected chi connectivity index (χ4v) is 3.20. The summed E-state index contributed by atoms with van der Waals surface area (Å²) in [4.78, 5) is 36.9. The van der Waals surface area contributed by atoms with Crippen LogP contribution in [-0.4, -0.2) is 19.0 Å². The van der Waals surface area contributed by atoms with E-state index in [1.807, 2.05) is 13.0 Å². The van der Waals surface area contributed by atoms with Crippen LogP contribution in [0.3, 0.4) is 0 Å². The lowest BCUT2D eigenvalue weighted by Gasteiger charge is -2.12. The van der Waals surface area contributed by atoms with Crippen LogP contribution in [-0.2, 0) is 4.74 Å². The number of carbonyl (C=O) groups excluding carboxylic acids is 2. The molecule has 0 bridgehead atoms. The van der Waals surface area contributed by atoms with Crippen LogP contribution in [0.4, 0.5) is 0 Å². The molecule has 1 N–H and O–H groups in total. The molecule has 1 aromatic heterocycles. The Morgan fingerprint density at radius 1 is 1.12 bits per heavy atom. The van der Waals surface area contributed by atoms with Crippen molar-refractivity contribution in [2.24, 2.45) is 0 Å². The normalized spacial score (nSPS) is 15.6. The van der Waals surface area contributed by atoms with E-state index in [0.717, 1.165) is 5.56 Å². The van der Waals surface area contributed by atoms with E-state index >= 15 is 0 Å². The van der Waals surface area contributed by atoms with Gasteiger partial charge in [0.25, 0.3) is 5.91 Å². The molecule has 0 spiro atoms. The van der Waals surface area contributed by atoms with Gasteiger partial charge in [0.05, 0.1) is 29.7 Å². The minimum Gasteiger partial charge on any atom is -0.465 e. The van der Waals surface area contributed by atoms with Crippen LogP contribution in [0.25, 0.3) is 11.0 Å². The molecule has 130 valence electrons. The Morgan fingerprint density at radius 3 is 2.54 bits per heavy atom. The first kappa shape index (κ1) is 16.1. The minimum atomic E-state index is -0.620. The van der Waals surface area contributed by atoms with Crippen LogP contribution < -0.4 is 10.7 Å². The molecule has 0 fully saturated rings. The smallest absolute Gasteiger partial charge is 0.337 e. The average Bonchev–Trinajstić information content (AvgIpc) is 2.99. The summed E-state index contributed by atoms with van der Waals surface area (Å²) in [7, 11) is 1.31. The lowest BCUT2D eigenvalue weighted by atomic mass is 9.98. The number of hydrogen-bond donors (Lipinski definition) is 1. The Balaban J connectivity index is 1.86. The molecule has 1 aliphatic rings. The highest BCUT2D eigenvalue weighted by Gasteiger charge is 2.35. The summed E-state index contributed by atoms with van der Waals surface area (Å²) in [5.41, 5.74) is 2.45. The highest BCUT2D eigenvalue weighted by molar-refractivity contribution is 5.99. The SMILES string of the molecule is COC(=O)c1ccc(C2NC(=O)c3oc4ccc(C)cc4c(=O)c32)cc1. The van der Waals surface area contributed by atoms with Gasteiger partial charge in [0.2, 0.25) is 5.76 Å². The molecular formula is C20H15NO5. The Bertz CT molecular complexity index is 1110. The van der Waals surface area contributed by atoms with Gasteiger partial charge in [0.1, 0.15) is 5.58 Å². The number of carbonyl (C=O) groups is 2. The van der Waals surface area contributed by atoms with E-state index in [2.05, 4.69) is 10.1 Å². The first-order chi connectivity index (χ1) is 12.5. The molecule has 0 saturated carbocycles. The number of aryl methyl sites for hydroxylation is 1. The molecule has 6 heteroatoms. The first-order valence-electron chi connectivity index (χ1n) is 8.06. The quantitative estimate of drug-likeness (QED) is 0.719. The summed E-state index contributed by atoms with van der Waals surface area (Å²) in [6.45, 7) is 1.89. The lowest BCUT2D eigenvalue weighted by molar-refractivity contribution is 0.0600. The zero-order chi connectivity index (χ0) is 18.4. The molecule has 0 radical (unpaired) electrons. The third kappa shape index (κ3) is 2.38. The second-order valence-corrected chi connectivity index (χ2v) is 6.19. The van der Waals surface area contributed by atoms with Crippen LogP contribution in [0, 0.1) is 6.92 Å². The molecular weight excluding hydrogens is 334 g/mol. The number of rotatable bonds is 2. The monoisotopic (exact) mass is 349 g/mol. The number of amides is 1. The maximum atomic E-state index is 13.0. The number of nitrogens with one attached hydrogen (secondary N) is 1. The molecule has 3 aromatic rings. The molecule has 2 heterocycles. The summed E-state index contributed by atoms with van der Waals surface area (Å²) in [6.07, 6.45) is 0. The number of ether oxygens (including phenoxy) is 1. The summed E-state index contributed by atoms with van der Waals surface area (Å²) in [6, 6.07) is 11.2. The molecule has 1 amide bonds. The number of benzene rings is 2. The van der Waals surface area contributed by atoms with Gasteiger partial charge in [-0.25, -0.2) is 4.79 Å². The molecule has 1 unspecified atom stereocenters. The van der Waals surface area contributed by atoms with E-state index in [-0.39, 0.29) is 11.2 Å². The third-order valence-electron chi connectivity index (χ3n) is 4.52. The largest absolute Gasteiger partial charge is 0.465 e. The van der Waals surface area contributed by atoms with Crippen molar-refractivity contribution < 1.29 is 18.7 Å². The summed E-state index contributed by atoms with van der Waals surface area (Å²) < 4.78 is 10.4. The van der Waals surface area contributed by atoms with Gasteiger partial charge in [0, 0.05) is 0 Å². The van der Waals surface area contributed by atoms with Crippen molar-refractivity contribution in [3.63, 3.8) is 0 Å². The third-order valence-corrected chi connectivity index (χ3v) is 4.52. The van der Waals surface area contributed by atoms with Crippen molar-refractivity contribution in [3.05, 3.63) is 80.7 Å². The van der Waals surface area contributed by atoms with Crippen LogP contribution in [0.2, 0.25) is 0 Å². The van der Waals surface area contributed by atoms with E-state index in [0.29, 0.717) is 27.7 Å². The van der Waals surface area contributed by atoms with Gasteiger partial charge in [-0.2, -0.15) is 0 Å². The van der Waals surface area contributed by atoms with Crippen LogP contribution in [0.1, 0.15) is 43.6 Å². The van der Waals surface area contributed by atoms with E-state index < -0.39 is 17.9 Å². The van der Waals surface area contributed by atoms with Gasteiger partial charge >= 0.3 is 5.97 Å². The summed E-state index contributed by atoms with van der Waals surface area (Å²) in [5, 5.41) is 3.22. The number of fused-ring (bicyclic) bond motifs is 2. The van der Waals surface area contributed by atoms with Crippen molar-refractivity contribution in [1.29, 1.82) is 0 Å². The van der Waals surface area contributed by atoms with Crippen LogP contribution in [0.5, 0.6) is 0 Å². The number of esters is 1. The van der Waals surface area contributed by atoms with Gasteiger partial charge < -0.3 is 14.5 Å². The fraction of sp³-hybridized carbons (Fsp3) is 0.150. The maximum Gasteiger partial charge on any atom is 0.337 e. The Kier molecular flexibility index (Phi) is 3.61. The average molecular weight is 349 g/mol. The highest BCUT2D eigenvalue weighted by Crippen LogP contribution is 2.31. The van der Waals surface area contributed by atoms with Gasteiger partial charge in [-0.05, 0) is 36.8 Å². The second kappa shape index (κ2) is 5.84. The zero-order valence-corrected chi connectivity index (χ0v) is 14.2. The van der Waals surface area contributed by atoms with E-state index in [4.69, 9.17) is 4.42 Å². The molecule has 1 aliphatic heterocycles. The minimum absolute atomic E-state index is 0.0356. The van der Waals surface area contributed by atoms with Crippen molar-refractivity contribution in [2.45, 2.75) is 13.0 Å². The van der Waals surface area contributed by atoms with E-state index in [1.54, 1.807) is 36.4 Å². The Morgan fingerprint density at radius 2 is 1.85 bits per heavy atom. The molecule has 6 nitrogen and oxygen atoms in total. The number of methoxy groups -OCH3 is 1. The summed E-state index contributed by atoms with van der Waals surface area (Å²) >= 11 is 0. The molecule has 2 aromatic carbocycles. The van der Waals surface area contributed by atoms with Gasteiger partial charge in [-0.1, -0.05) is 23.8 Å². The molecule has 0 saturated heterocycles. The van der Waals surface area contributed by atoms with Crippen LogP contribution in [0.15, 0.2) is 51.7 Å². The molecule has 26 heavy (non-hydrogen) atoms. The van der Waals surface area contributed by atoms with Crippen LogP contribution >= 0.6 is 0 Å². The molecule has 4 rings (SSSR count). The van der Waals surface area contributed by atoms with Gasteiger partial charge in [-0.15, -0.1) is 0 Å². The van der Waals surface area contributed by atoms with Crippen molar-refractivity contribution in [2.75, 3.05) is 7.11 Å². The highest BCUT2D eigenvalue weighted by atomic mass is 16.5. The Labute approximate surface area is 148 Å². The number of hydrogen-bond acceptors (Lipinski definition) is 5. The van der Waals surface area contributed by atoms with E-state index in [9.17, 15) is 14.4 Å². The van der Waals surface area contributed by atoms with E-state index in [1.165, 1.54) is 7.11 Å². The predicted octanol–water partition coefficient (Wildman–Crippen LogP) is 2.72. The summed E-state index contributed by atoms with van der Waals surface area (Å²) in [5.74, 6) is -0.844. The van der Waals surface area contributed by atoms with Crippen molar-refractivity contribution in [3.8, 4) is 0 Å². The van der Waals surface area contributed by atoms with Crippen molar-refractivity contribution >= 4 is 22.8 Å². The van der Waals surface area contributed by atoms with Gasteiger partial charge in [0.15, 0.2) is 5.43 Å². The predicted molar refractivity (Wildman–Crippen MR) is 94.3 cm³/mol. The maximum absolute atomic E-state index is 13.0. The molecule has 1 atom stereocenters. The molecule has 0 aliphatic carbocycles. The lowest BCUT2D eigenvalue weighted by Crippen LogP contribution is -2.22. The zero-order valence-electron chi connectivity index (χ0n) is 14.2. The first-order valence-corrected chi connectivity index (χ1v) is 8.06.